The SMILES string of the molecule is COc1cccc2c1CC[C@@H]1CN(CCN3C(=O)[NH2+]c4c(sc5ccccc45)C3=O)C[C@H]21.[Cl-]. The molecule has 1 saturated heterocycles. The molecule has 0 saturated carbocycles. The summed E-state index contributed by atoms with van der Waals surface area (Å²) >= 11 is 1.48. The number of hydrogen-bond donors (Lipinski definition) is 1. The lowest BCUT2D eigenvalue weighted by Gasteiger charge is -2.28. The summed E-state index contributed by atoms with van der Waals surface area (Å²) in [6.07, 6.45) is 2.22. The number of quaternary nitrogens is 1. The maximum Gasteiger partial charge on any atom is 0.428 e. The molecule has 0 radical (unpaired) electrons. The van der Waals surface area contributed by atoms with Crippen molar-refractivity contribution in [2.24, 2.45) is 5.92 Å². The predicted octanol–water partition coefficient (Wildman–Crippen LogP) is 0.346. The van der Waals surface area contributed by atoms with Crippen molar-refractivity contribution in [1.82, 2.24) is 9.80 Å². The second-order valence-corrected chi connectivity index (χ2v) is 10.0. The lowest BCUT2D eigenvalue weighted by atomic mass is 9.77. The van der Waals surface area contributed by atoms with Crippen LogP contribution in [-0.2, 0) is 6.42 Å². The summed E-state index contributed by atoms with van der Waals surface area (Å²) in [5.41, 5.74) is 3.55. The fraction of sp³-hybridized carbons (Fsp3) is 0.360. The van der Waals surface area contributed by atoms with Crippen LogP contribution >= 0.6 is 11.3 Å². The number of carbonyl (C=O) groups excluding carboxylic acids is 2. The van der Waals surface area contributed by atoms with E-state index in [1.807, 2.05) is 24.3 Å². The van der Waals surface area contributed by atoms with Gasteiger partial charge in [0.1, 0.15) is 5.75 Å². The molecule has 3 aromatic rings. The quantitative estimate of drug-likeness (QED) is 0.581. The first-order valence-electron chi connectivity index (χ1n) is 11.2. The summed E-state index contributed by atoms with van der Waals surface area (Å²) < 4.78 is 6.64. The minimum absolute atomic E-state index is 0. The minimum atomic E-state index is -0.197. The monoisotopic (exact) mass is 483 g/mol. The Hall–Kier alpha value is -2.45. The zero-order chi connectivity index (χ0) is 21.8. The van der Waals surface area contributed by atoms with Crippen LogP contribution in [0.5, 0.6) is 5.75 Å². The van der Waals surface area contributed by atoms with Crippen LogP contribution < -0.4 is 22.5 Å². The molecule has 0 bridgehead atoms. The van der Waals surface area contributed by atoms with Gasteiger partial charge in [0, 0.05) is 36.8 Å². The summed E-state index contributed by atoms with van der Waals surface area (Å²) in [6.45, 7) is 3.15. The van der Waals surface area contributed by atoms with E-state index >= 15 is 0 Å². The molecule has 0 spiro atoms. The molecule has 2 aromatic carbocycles. The van der Waals surface area contributed by atoms with Crippen molar-refractivity contribution in [3.8, 4) is 5.75 Å². The van der Waals surface area contributed by atoms with Crippen LogP contribution in [0.1, 0.15) is 33.1 Å². The average molecular weight is 484 g/mol. The van der Waals surface area contributed by atoms with E-state index in [1.165, 1.54) is 27.4 Å². The van der Waals surface area contributed by atoms with Crippen molar-refractivity contribution in [1.29, 1.82) is 0 Å². The molecular formula is C25H26ClN3O3S. The Kier molecular flexibility index (Phi) is 5.91. The largest absolute Gasteiger partial charge is 1.00 e. The van der Waals surface area contributed by atoms with E-state index in [-0.39, 0.29) is 24.3 Å². The lowest BCUT2D eigenvalue weighted by Crippen LogP contribution is -3.00. The number of nitrogens with two attached hydrogens (primary N) is 1. The number of amides is 3. The fourth-order valence-electron chi connectivity index (χ4n) is 5.75. The molecule has 2 aliphatic heterocycles. The Morgan fingerprint density at radius 2 is 1.94 bits per heavy atom. The third-order valence-electron chi connectivity index (χ3n) is 7.32. The Morgan fingerprint density at radius 3 is 2.79 bits per heavy atom. The summed E-state index contributed by atoms with van der Waals surface area (Å²) in [5.74, 6) is 1.98. The Labute approximate surface area is 202 Å². The highest BCUT2D eigenvalue weighted by molar-refractivity contribution is 7.21. The predicted molar refractivity (Wildman–Crippen MR) is 124 cm³/mol. The Bertz CT molecular complexity index is 1240. The molecular weight excluding hydrogens is 458 g/mol. The molecule has 1 aliphatic carbocycles. The molecule has 1 fully saturated rings. The van der Waals surface area contributed by atoms with Crippen molar-refractivity contribution < 1.29 is 32.0 Å². The van der Waals surface area contributed by atoms with E-state index in [9.17, 15) is 9.59 Å². The van der Waals surface area contributed by atoms with Crippen molar-refractivity contribution in [2.75, 3.05) is 33.3 Å². The first-order chi connectivity index (χ1) is 15.6. The lowest BCUT2D eigenvalue weighted by molar-refractivity contribution is -0.471. The third kappa shape index (κ3) is 3.64. The van der Waals surface area contributed by atoms with Gasteiger partial charge in [-0.25, -0.2) is 15.0 Å². The van der Waals surface area contributed by atoms with E-state index < -0.39 is 0 Å². The smallest absolute Gasteiger partial charge is 0.428 e. The van der Waals surface area contributed by atoms with Crippen molar-refractivity contribution >= 4 is 39.0 Å². The average Bonchev–Trinajstić information content (AvgIpc) is 3.40. The number of hydrogen-bond acceptors (Lipinski definition) is 5. The van der Waals surface area contributed by atoms with Crippen molar-refractivity contribution in [3.63, 3.8) is 0 Å². The first kappa shape index (κ1) is 22.3. The summed E-state index contributed by atoms with van der Waals surface area (Å²) in [4.78, 5) is 30.5. The van der Waals surface area contributed by atoms with Crippen molar-refractivity contribution in [3.05, 3.63) is 58.5 Å². The standard InChI is InChI=1S/C25H25N3O3S.ClH/c1-31-20-7-4-6-16-17(20)10-9-15-13-27(14-19(15)16)11-12-28-24(29)23-22(26-25(28)30)18-5-2-3-8-21(18)32-23;/h2-8,15,19H,9-14H2,1H3,(H,26,30);1H/t15-,19+;/m1./s1. The van der Waals surface area contributed by atoms with Gasteiger partial charge in [-0.05, 0) is 48.1 Å². The Balaban J connectivity index is 0.00000228. The normalized spacial score (nSPS) is 22.0. The number of nitrogens with zero attached hydrogens (tertiary/aromatic N) is 2. The zero-order valence-corrected chi connectivity index (χ0v) is 20.0. The number of halogens is 1. The van der Waals surface area contributed by atoms with Gasteiger partial charge in [0.2, 0.25) is 0 Å². The molecule has 33 heavy (non-hydrogen) atoms. The number of urea groups is 1. The van der Waals surface area contributed by atoms with E-state index in [0.717, 1.165) is 54.0 Å². The molecule has 6 rings (SSSR count). The molecule has 172 valence electrons. The van der Waals surface area contributed by atoms with Gasteiger partial charge < -0.3 is 22.0 Å². The number of benzene rings is 2. The van der Waals surface area contributed by atoms with Gasteiger partial charge in [0.25, 0.3) is 5.91 Å². The van der Waals surface area contributed by atoms with Gasteiger partial charge >= 0.3 is 6.03 Å². The number of ether oxygens (including phenoxy) is 1. The molecule has 0 unspecified atom stereocenters. The van der Waals surface area contributed by atoms with Gasteiger partial charge in [-0.1, -0.05) is 24.3 Å². The molecule has 1 aromatic heterocycles. The number of carbonyl (C=O) groups is 2. The third-order valence-corrected chi connectivity index (χ3v) is 8.49. The highest BCUT2D eigenvalue weighted by Crippen LogP contribution is 2.44. The number of thiophene rings is 1. The van der Waals surface area contributed by atoms with Crippen LogP contribution in [0.4, 0.5) is 10.5 Å². The molecule has 3 aliphatic rings. The van der Waals surface area contributed by atoms with Gasteiger partial charge in [-0.3, -0.25) is 4.79 Å². The number of primary amides is 1. The number of methoxy groups -OCH3 is 1. The van der Waals surface area contributed by atoms with Crippen LogP contribution in [0.15, 0.2) is 42.5 Å². The summed E-state index contributed by atoms with van der Waals surface area (Å²) in [6, 6.07) is 14.1. The topological polar surface area (TPSA) is 66.5 Å². The maximum atomic E-state index is 13.1. The van der Waals surface area contributed by atoms with Crippen LogP contribution in [0, 0.1) is 5.92 Å². The number of imide groups is 1. The second kappa shape index (κ2) is 8.72. The molecule has 3 amide bonds. The number of likely N-dealkylation sites (tertiary alicyclic amines) is 1. The van der Waals surface area contributed by atoms with E-state index in [0.29, 0.717) is 23.3 Å². The van der Waals surface area contributed by atoms with Gasteiger partial charge in [0.15, 0.2) is 10.6 Å². The first-order valence-corrected chi connectivity index (χ1v) is 12.1. The van der Waals surface area contributed by atoms with Crippen LogP contribution in [0.25, 0.3) is 10.1 Å². The van der Waals surface area contributed by atoms with E-state index in [2.05, 4.69) is 23.1 Å². The molecule has 3 heterocycles. The van der Waals surface area contributed by atoms with Crippen LogP contribution in [0.3, 0.4) is 0 Å². The van der Waals surface area contributed by atoms with Crippen LogP contribution in [0.2, 0.25) is 0 Å². The molecule has 8 heteroatoms. The van der Waals surface area contributed by atoms with Crippen molar-refractivity contribution in [2.45, 2.75) is 18.8 Å². The van der Waals surface area contributed by atoms with E-state index in [1.54, 1.807) is 12.4 Å². The Morgan fingerprint density at radius 1 is 1.09 bits per heavy atom. The minimum Gasteiger partial charge on any atom is -1.00 e. The highest BCUT2D eigenvalue weighted by atomic mass is 35.5. The second-order valence-electron chi connectivity index (χ2n) is 8.97. The van der Waals surface area contributed by atoms with Crippen LogP contribution in [-0.4, -0.2) is 55.0 Å². The maximum absolute atomic E-state index is 13.1. The highest BCUT2D eigenvalue weighted by Gasteiger charge is 2.41. The van der Waals surface area contributed by atoms with Gasteiger partial charge in [0.05, 0.1) is 12.5 Å². The molecule has 2 N–H and O–H groups in total. The number of fused-ring (bicyclic) bond motifs is 6. The molecule has 2 atom stereocenters. The van der Waals surface area contributed by atoms with Gasteiger partial charge in [-0.2, -0.15) is 0 Å². The molecule has 6 nitrogen and oxygen atoms in total. The number of rotatable bonds is 4. The van der Waals surface area contributed by atoms with E-state index in [4.69, 9.17) is 4.74 Å². The fourth-order valence-corrected chi connectivity index (χ4v) is 6.88. The summed E-state index contributed by atoms with van der Waals surface area (Å²) in [5, 5.41) is 2.63. The van der Waals surface area contributed by atoms with Gasteiger partial charge in [-0.15, -0.1) is 11.3 Å². The zero-order valence-electron chi connectivity index (χ0n) is 18.4. The summed E-state index contributed by atoms with van der Waals surface area (Å²) in [7, 11) is 1.74.